The number of piperidine rings is 1. The van der Waals surface area contributed by atoms with E-state index in [1.165, 1.54) is 0 Å². The van der Waals surface area contributed by atoms with E-state index in [-0.39, 0.29) is 17.4 Å². The monoisotopic (exact) mass is 241 g/mol. The van der Waals surface area contributed by atoms with E-state index in [2.05, 4.69) is 26.1 Å². The Balaban J connectivity index is 2.58. The standard InChI is InChI=1S/C14H27NO2/c1-13(2,3)10-7-8-15-11(9-10)12(16)17-14(4,5)6/h10-11,15H,7-9H2,1-6H3/t10-,11+/m1/s1. The third-order valence-corrected chi connectivity index (χ3v) is 3.32. The Morgan fingerprint density at radius 3 is 2.24 bits per heavy atom. The summed E-state index contributed by atoms with van der Waals surface area (Å²) in [4.78, 5) is 12.0. The lowest BCUT2D eigenvalue weighted by molar-refractivity contribution is -0.158. The van der Waals surface area contributed by atoms with E-state index in [1.807, 2.05) is 20.8 Å². The molecule has 0 spiro atoms. The highest BCUT2D eigenvalue weighted by Gasteiger charge is 2.35. The Labute approximate surface area is 105 Å². The lowest BCUT2D eigenvalue weighted by Crippen LogP contribution is -2.48. The van der Waals surface area contributed by atoms with Crippen LogP contribution in [0.15, 0.2) is 0 Å². The maximum atomic E-state index is 12.0. The molecule has 0 saturated carbocycles. The SMILES string of the molecule is CC(C)(C)OC(=O)[C@@H]1C[C@H](C(C)(C)C)CCN1. The normalized spacial score (nSPS) is 26.7. The van der Waals surface area contributed by atoms with Gasteiger partial charge in [0.2, 0.25) is 0 Å². The molecule has 0 radical (unpaired) electrons. The minimum absolute atomic E-state index is 0.105. The number of rotatable bonds is 1. The van der Waals surface area contributed by atoms with Crippen LogP contribution in [0, 0.1) is 11.3 Å². The molecule has 1 aliphatic rings. The first kappa shape index (κ1) is 14.5. The zero-order valence-corrected chi connectivity index (χ0v) is 12.1. The van der Waals surface area contributed by atoms with Gasteiger partial charge in [-0.25, -0.2) is 0 Å². The van der Waals surface area contributed by atoms with Gasteiger partial charge in [-0.3, -0.25) is 4.79 Å². The average Bonchev–Trinajstić information content (AvgIpc) is 2.14. The smallest absolute Gasteiger partial charge is 0.323 e. The number of hydrogen-bond donors (Lipinski definition) is 1. The van der Waals surface area contributed by atoms with Crippen LogP contribution in [-0.4, -0.2) is 24.2 Å². The zero-order valence-electron chi connectivity index (χ0n) is 12.1. The van der Waals surface area contributed by atoms with Crippen LogP contribution in [0.5, 0.6) is 0 Å². The Morgan fingerprint density at radius 2 is 1.76 bits per heavy atom. The first-order valence-corrected chi connectivity index (χ1v) is 6.56. The molecule has 1 aliphatic heterocycles. The fourth-order valence-electron chi connectivity index (χ4n) is 2.26. The Morgan fingerprint density at radius 1 is 1.18 bits per heavy atom. The van der Waals surface area contributed by atoms with Crippen molar-refractivity contribution < 1.29 is 9.53 Å². The van der Waals surface area contributed by atoms with Crippen molar-refractivity contribution in [2.45, 2.75) is 66.0 Å². The quantitative estimate of drug-likeness (QED) is 0.717. The highest BCUT2D eigenvalue weighted by molar-refractivity contribution is 5.76. The summed E-state index contributed by atoms with van der Waals surface area (Å²) < 4.78 is 5.44. The molecule has 1 saturated heterocycles. The van der Waals surface area contributed by atoms with E-state index in [0.29, 0.717) is 5.92 Å². The van der Waals surface area contributed by atoms with Gasteiger partial charge in [0, 0.05) is 0 Å². The maximum Gasteiger partial charge on any atom is 0.323 e. The van der Waals surface area contributed by atoms with Crippen molar-refractivity contribution in [1.82, 2.24) is 5.32 Å². The van der Waals surface area contributed by atoms with Crippen molar-refractivity contribution in [3.63, 3.8) is 0 Å². The van der Waals surface area contributed by atoms with E-state index in [1.54, 1.807) is 0 Å². The van der Waals surface area contributed by atoms with Crippen molar-refractivity contribution >= 4 is 5.97 Å². The topological polar surface area (TPSA) is 38.3 Å². The molecule has 0 aliphatic carbocycles. The van der Waals surface area contributed by atoms with Gasteiger partial charge in [0.05, 0.1) is 0 Å². The molecule has 1 N–H and O–H groups in total. The molecule has 0 amide bonds. The molecule has 0 aromatic heterocycles. The van der Waals surface area contributed by atoms with Gasteiger partial charge in [0.25, 0.3) is 0 Å². The molecule has 0 unspecified atom stereocenters. The molecule has 1 fully saturated rings. The molecular formula is C14H27NO2. The molecule has 17 heavy (non-hydrogen) atoms. The van der Waals surface area contributed by atoms with Gasteiger partial charge in [-0.05, 0) is 51.5 Å². The predicted molar refractivity (Wildman–Crippen MR) is 69.8 cm³/mol. The third kappa shape index (κ3) is 4.66. The van der Waals surface area contributed by atoms with Gasteiger partial charge in [-0.15, -0.1) is 0 Å². The second-order valence-corrected chi connectivity index (χ2v) is 7.13. The highest BCUT2D eigenvalue weighted by Crippen LogP contribution is 2.34. The molecule has 0 aromatic carbocycles. The van der Waals surface area contributed by atoms with Crippen molar-refractivity contribution in [2.75, 3.05) is 6.54 Å². The summed E-state index contributed by atoms with van der Waals surface area (Å²) in [6.45, 7) is 13.4. The van der Waals surface area contributed by atoms with Crippen LogP contribution in [0.4, 0.5) is 0 Å². The first-order valence-electron chi connectivity index (χ1n) is 6.56. The molecule has 100 valence electrons. The molecule has 0 aromatic rings. The number of esters is 1. The fraction of sp³-hybridized carbons (Fsp3) is 0.929. The fourth-order valence-corrected chi connectivity index (χ4v) is 2.26. The van der Waals surface area contributed by atoms with Crippen LogP contribution in [0.1, 0.15) is 54.4 Å². The minimum atomic E-state index is -0.395. The largest absolute Gasteiger partial charge is 0.459 e. The highest BCUT2D eigenvalue weighted by atomic mass is 16.6. The number of carbonyl (C=O) groups is 1. The van der Waals surface area contributed by atoms with E-state index >= 15 is 0 Å². The summed E-state index contributed by atoms with van der Waals surface area (Å²) >= 11 is 0. The molecule has 1 heterocycles. The Hall–Kier alpha value is -0.570. The van der Waals surface area contributed by atoms with Gasteiger partial charge in [0.15, 0.2) is 0 Å². The summed E-state index contributed by atoms with van der Waals surface area (Å²) in [6, 6.07) is -0.132. The predicted octanol–water partition coefficient (Wildman–Crippen LogP) is 2.74. The summed E-state index contributed by atoms with van der Waals surface area (Å²) in [5.74, 6) is 0.479. The Bertz CT molecular complexity index is 273. The van der Waals surface area contributed by atoms with Crippen molar-refractivity contribution in [1.29, 1.82) is 0 Å². The van der Waals surface area contributed by atoms with Gasteiger partial charge >= 0.3 is 5.97 Å². The average molecular weight is 241 g/mol. The third-order valence-electron chi connectivity index (χ3n) is 3.32. The summed E-state index contributed by atoms with van der Waals surface area (Å²) in [6.07, 6.45) is 2.03. The molecule has 1 rings (SSSR count). The second-order valence-electron chi connectivity index (χ2n) is 7.13. The summed E-state index contributed by atoms with van der Waals surface area (Å²) in [7, 11) is 0. The first-order chi connectivity index (χ1) is 7.59. The lowest BCUT2D eigenvalue weighted by atomic mass is 9.74. The minimum Gasteiger partial charge on any atom is -0.459 e. The van der Waals surface area contributed by atoms with Crippen LogP contribution in [0.2, 0.25) is 0 Å². The van der Waals surface area contributed by atoms with Gasteiger partial charge in [-0.1, -0.05) is 20.8 Å². The van der Waals surface area contributed by atoms with Crippen molar-refractivity contribution in [2.24, 2.45) is 11.3 Å². The van der Waals surface area contributed by atoms with Crippen molar-refractivity contribution in [3.8, 4) is 0 Å². The van der Waals surface area contributed by atoms with Crippen molar-refractivity contribution in [3.05, 3.63) is 0 Å². The number of hydrogen-bond acceptors (Lipinski definition) is 3. The Kier molecular flexibility index (Phi) is 4.23. The van der Waals surface area contributed by atoms with Gasteiger partial charge < -0.3 is 10.1 Å². The lowest BCUT2D eigenvalue weighted by Gasteiger charge is -2.38. The van der Waals surface area contributed by atoms with Crippen LogP contribution >= 0.6 is 0 Å². The molecule has 3 nitrogen and oxygen atoms in total. The van der Waals surface area contributed by atoms with E-state index < -0.39 is 5.60 Å². The molecular weight excluding hydrogens is 214 g/mol. The van der Waals surface area contributed by atoms with Crippen LogP contribution in [0.25, 0.3) is 0 Å². The number of carbonyl (C=O) groups excluding carboxylic acids is 1. The maximum absolute atomic E-state index is 12.0. The van der Waals surface area contributed by atoms with Crippen LogP contribution in [-0.2, 0) is 9.53 Å². The van der Waals surface area contributed by atoms with E-state index in [4.69, 9.17) is 4.74 Å². The number of ether oxygens (including phenoxy) is 1. The molecule has 3 heteroatoms. The molecule has 2 atom stereocenters. The second kappa shape index (κ2) is 4.97. The van der Waals surface area contributed by atoms with E-state index in [9.17, 15) is 4.79 Å². The van der Waals surface area contributed by atoms with Crippen LogP contribution < -0.4 is 5.32 Å². The zero-order chi connectivity index (χ0) is 13.3. The number of nitrogens with one attached hydrogen (secondary N) is 1. The van der Waals surface area contributed by atoms with Crippen LogP contribution in [0.3, 0.4) is 0 Å². The van der Waals surface area contributed by atoms with E-state index in [0.717, 1.165) is 19.4 Å². The van der Waals surface area contributed by atoms with Gasteiger partial charge in [0.1, 0.15) is 11.6 Å². The molecule has 0 bridgehead atoms. The summed E-state index contributed by atoms with van der Waals surface area (Å²) in [5.41, 5.74) is -0.129. The van der Waals surface area contributed by atoms with Gasteiger partial charge in [-0.2, -0.15) is 0 Å². The summed E-state index contributed by atoms with van der Waals surface area (Å²) in [5, 5.41) is 3.27.